The maximum atomic E-state index is 13.0. The average molecular weight is 406 g/mol. The summed E-state index contributed by atoms with van der Waals surface area (Å²) in [6.45, 7) is 3.74. The number of piperidine rings is 1. The Balaban J connectivity index is 1.73. The van der Waals surface area contributed by atoms with Crippen LogP contribution >= 0.6 is 0 Å². The van der Waals surface area contributed by atoms with Crippen LogP contribution in [0, 0.1) is 0 Å². The van der Waals surface area contributed by atoms with E-state index in [9.17, 15) is 13.2 Å². The lowest BCUT2D eigenvalue weighted by Gasteiger charge is -2.44. The smallest absolute Gasteiger partial charge is 0.282 e. The van der Waals surface area contributed by atoms with Crippen molar-refractivity contribution in [2.45, 2.75) is 37.8 Å². The molecule has 0 saturated carbocycles. The summed E-state index contributed by atoms with van der Waals surface area (Å²) in [6.07, 6.45) is 3.11. The fraction of sp³-hybridized carbons (Fsp3) is 0.941. The van der Waals surface area contributed by atoms with Gasteiger partial charge in [-0.1, -0.05) is 0 Å². The van der Waals surface area contributed by atoms with Crippen LogP contribution in [0.4, 0.5) is 0 Å². The van der Waals surface area contributed by atoms with E-state index in [4.69, 9.17) is 14.2 Å². The molecule has 3 aliphatic heterocycles. The number of hydrogen-bond donors (Lipinski definition) is 0. The summed E-state index contributed by atoms with van der Waals surface area (Å²) < 4.78 is 44.9. The van der Waals surface area contributed by atoms with Crippen LogP contribution in [-0.2, 0) is 29.2 Å². The minimum Gasteiger partial charge on any atom is -0.381 e. The van der Waals surface area contributed by atoms with E-state index in [2.05, 4.69) is 0 Å². The predicted octanol–water partition coefficient (Wildman–Crippen LogP) is -0.318. The number of carbonyl (C=O) groups is 1. The molecule has 1 atom stereocenters. The molecule has 27 heavy (non-hydrogen) atoms. The van der Waals surface area contributed by atoms with Crippen molar-refractivity contribution < 1.29 is 27.4 Å². The van der Waals surface area contributed by atoms with E-state index in [0.717, 1.165) is 25.7 Å². The van der Waals surface area contributed by atoms with Crippen molar-refractivity contribution in [3.63, 3.8) is 0 Å². The van der Waals surface area contributed by atoms with Crippen molar-refractivity contribution in [3.8, 4) is 0 Å². The van der Waals surface area contributed by atoms with Crippen LogP contribution in [0.1, 0.15) is 25.7 Å². The zero-order valence-corrected chi connectivity index (χ0v) is 16.9. The number of methoxy groups -OCH3 is 1. The first-order valence-corrected chi connectivity index (χ1v) is 11.1. The van der Waals surface area contributed by atoms with Gasteiger partial charge in [-0.2, -0.15) is 17.0 Å². The Hall–Kier alpha value is -0.780. The Morgan fingerprint density at radius 1 is 1.00 bits per heavy atom. The van der Waals surface area contributed by atoms with E-state index < -0.39 is 10.2 Å². The number of rotatable bonds is 6. The molecule has 0 radical (unpaired) electrons. The topological polar surface area (TPSA) is 88.6 Å². The Morgan fingerprint density at radius 2 is 1.67 bits per heavy atom. The van der Waals surface area contributed by atoms with Crippen LogP contribution in [0.2, 0.25) is 0 Å². The van der Waals surface area contributed by atoms with Crippen LogP contribution < -0.4 is 0 Å². The highest BCUT2D eigenvalue weighted by Crippen LogP contribution is 2.26. The molecule has 9 nitrogen and oxygen atoms in total. The SMILES string of the molecule is COCC(=O)N(C1CCOCC1)C1CCCN(S(=O)(=O)N2CCOCC2)C1. The van der Waals surface area contributed by atoms with Gasteiger partial charge < -0.3 is 19.1 Å². The van der Waals surface area contributed by atoms with Crippen molar-refractivity contribution in [1.82, 2.24) is 13.5 Å². The molecule has 1 amide bonds. The van der Waals surface area contributed by atoms with Gasteiger partial charge in [0, 0.05) is 58.6 Å². The van der Waals surface area contributed by atoms with Gasteiger partial charge in [-0.15, -0.1) is 0 Å². The van der Waals surface area contributed by atoms with Crippen LogP contribution in [0.15, 0.2) is 0 Å². The fourth-order valence-corrected chi connectivity index (χ4v) is 5.82. The Kier molecular flexibility index (Phi) is 7.46. The molecule has 0 aliphatic carbocycles. The van der Waals surface area contributed by atoms with Crippen molar-refractivity contribution in [2.75, 3.05) is 66.3 Å². The van der Waals surface area contributed by atoms with E-state index in [1.807, 2.05) is 4.90 Å². The molecule has 0 N–H and O–H groups in total. The van der Waals surface area contributed by atoms with E-state index in [1.54, 1.807) is 4.31 Å². The normalized spacial score (nSPS) is 26.8. The molecule has 0 spiro atoms. The molecule has 3 aliphatic rings. The van der Waals surface area contributed by atoms with Crippen LogP contribution in [-0.4, -0.2) is 106 Å². The minimum atomic E-state index is -3.53. The number of nitrogens with zero attached hydrogens (tertiary/aromatic N) is 3. The van der Waals surface area contributed by atoms with Gasteiger partial charge in [0.1, 0.15) is 6.61 Å². The Bertz CT molecular complexity index is 589. The monoisotopic (exact) mass is 405 g/mol. The maximum absolute atomic E-state index is 13.0. The lowest BCUT2D eigenvalue weighted by atomic mass is 9.99. The lowest BCUT2D eigenvalue weighted by Crippen LogP contribution is -2.59. The molecule has 156 valence electrons. The second kappa shape index (κ2) is 9.62. The van der Waals surface area contributed by atoms with Gasteiger partial charge in [0.25, 0.3) is 10.2 Å². The molecule has 1 unspecified atom stereocenters. The average Bonchev–Trinajstić information content (AvgIpc) is 2.70. The fourth-order valence-electron chi connectivity index (χ4n) is 4.16. The first-order chi connectivity index (χ1) is 13.0. The van der Waals surface area contributed by atoms with Gasteiger partial charge in [-0.3, -0.25) is 4.79 Å². The summed E-state index contributed by atoms with van der Waals surface area (Å²) >= 11 is 0. The molecule has 0 aromatic carbocycles. The third-order valence-electron chi connectivity index (χ3n) is 5.52. The second-order valence-electron chi connectivity index (χ2n) is 7.25. The number of carbonyl (C=O) groups excluding carboxylic acids is 1. The maximum Gasteiger partial charge on any atom is 0.282 e. The van der Waals surface area contributed by atoms with Crippen LogP contribution in [0.5, 0.6) is 0 Å². The number of hydrogen-bond acceptors (Lipinski definition) is 6. The molecule has 3 rings (SSSR count). The lowest BCUT2D eigenvalue weighted by molar-refractivity contribution is -0.143. The van der Waals surface area contributed by atoms with Crippen molar-refractivity contribution in [3.05, 3.63) is 0 Å². The zero-order valence-electron chi connectivity index (χ0n) is 16.0. The summed E-state index contributed by atoms with van der Waals surface area (Å²) in [5.74, 6) is -0.0694. The molecular formula is C17H31N3O6S. The molecule has 3 heterocycles. The van der Waals surface area contributed by atoms with Crippen LogP contribution in [0.25, 0.3) is 0 Å². The molecule has 10 heteroatoms. The third kappa shape index (κ3) is 4.99. The second-order valence-corrected chi connectivity index (χ2v) is 9.18. The van der Waals surface area contributed by atoms with E-state index in [0.29, 0.717) is 52.6 Å². The molecule has 3 fully saturated rings. The zero-order chi connectivity index (χ0) is 19.3. The standard InChI is InChI=1S/C17H31N3O6S/c1-24-14-17(21)20(15-4-9-25-10-5-15)16-3-2-6-19(13-16)27(22,23)18-7-11-26-12-8-18/h15-16H,2-14H2,1H3. The Morgan fingerprint density at radius 3 is 2.33 bits per heavy atom. The summed E-state index contributed by atoms with van der Waals surface area (Å²) in [5, 5.41) is 0. The number of morpholine rings is 1. The van der Waals surface area contributed by atoms with E-state index >= 15 is 0 Å². The highest BCUT2D eigenvalue weighted by Gasteiger charge is 2.39. The van der Waals surface area contributed by atoms with Crippen molar-refractivity contribution in [1.29, 1.82) is 0 Å². The number of ether oxygens (including phenoxy) is 3. The largest absolute Gasteiger partial charge is 0.381 e. The molecular weight excluding hydrogens is 374 g/mol. The quantitative estimate of drug-likeness (QED) is 0.602. The summed E-state index contributed by atoms with van der Waals surface area (Å²) in [4.78, 5) is 14.6. The summed E-state index contributed by atoms with van der Waals surface area (Å²) in [7, 11) is -2.02. The van der Waals surface area contributed by atoms with Gasteiger partial charge in [-0.25, -0.2) is 0 Å². The highest BCUT2D eigenvalue weighted by atomic mass is 32.2. The first kappa shape index (κ1) is 20.9. The Labute approximate surface area is 161 Å². The van der Waals surface area contributed by atoms with Crippen molar-refractivity contribution in [2.24, 2.45) is 0 Å². The first-order valence-electron chi connectivity index (χ1n) is 9.75. The molecule has 3 saturated heterocycles. The van der Waals surface area contributed by atoms with Gasteiger partial charge in [0.2, 0.25) is 5.91 Å². The molecule has 0 aromatic rings. The molecule has 0 aromatic heterocycles. The minimum absolute atomic E-state index is 0.0179. The summed E-state index contributed by atoms with van der Waals surface area (Å²) in [6, 6.07) is -0.0437. The van der Waals surface area contributed by atoms with E-state index in [-0.39, 0.29) is 24.6 Å². The van der Waals surface area contributed by atoms with Gasteiger partial charge >= 0.3 is 0 Å². The third-order valence-corrected chi connectivity index (χ3v) is 7.52. The highest BCUT2D eigenvalue weighted by molar-refractivity contribution is 7.86. The number of amides is 1. The predicted molar refractivity (Wildman–Crippen MR) is 98.5 cm³/mol. The van der Waals surface area contributed by atoms with E-state index in [1.165, 1.54) is 11.4 Å². The summed E-state index contributed by atoms with van der Waals surface area (Å²) in [5.41, 5.74) is 0. The van der Waals surface area contributed by atoms with Gasteiger partial charge in [0.15, 0.2) is 0 Å². The van der Waals surface area contributed by atoms with Gasteiger partial charge in [-0.05, 0) is 25.7 Å². The van der Waals surface area contributed by atoms with Gasteiger partial charge in [0.05, 0.1) is 13.2 Å². The van der Waals surface area contributed by atoms with Crippen LogP contribution in [0.3, 0.4) is 0 Å². The molecule has 0 bridgehead atoms. The van der Waals surface area contributed by atoms with Crippen molar-refractivity contribution >= 4 is 16.1 Å².